The number of amides is 1. The number of hydrogen-bond acceptors (Lipinski definition) is 3. The molecule has 26 heavy (non-hydrogen) atoms. The van der Waals surface area contributed by atoms with Crippen molar-refractivity contribution in [2.24, 2.45) is 0 Å². The number of nitrogens with zero attached hydrogens (tertiary/aromatic N) is 1. The van der Waals surface area contributed by atoms with Crippen molar-refractivity contribution in [3.8, 4) is 11.8 Å². The summed E-state index contributed by atoms with van der Waals surface area (Å²) in [6, 6.07) is 16.7. The summed E-state index contributed by atoms with van der Waals surface area (Å²) in [5.74, 6) is 0.142. The smallest absolute Gasteiger partial charge is 0.262 e. The lowest BCUT2D eigenvalue weighted by atomic mass is 10.1. The molecule has 1 amide bonds. The molecule has 0 saturated heterocycles. The zero-order valence-corrected chi connectivity index (χ0v) is 16.0. The maximum Gasteiger partial charge on any atom is 0.262 e. The first-order valence-electron chi connectivity index (χ1n) is 8.06. The van der Waals surface area contributed by atoms with Crippen LogP contribution in [0.25, 0.3) is 6.08 Å². The van der Waals surface area contributed by atoms with Crippen LogP contribution in [0.3, 0.4) is 0 Å². The van der Waals surface area contributed by atoms with E-state index in [0.717, 1.165) is 10.0 Å². The molecule has 0 heterocycles. The van der Waals surface area contributed by atoms with Crippen LogP contribution in [0.5, 0.6) is 5.75 Å². The van der Waals surface area contributed by atoms with Crippen molar-refractivity contribution in [1.29, 1.82) is 5.26 Å². The van der Waals surface area contributed by atoms with E-state index in [0.29, 0.717) is 17.9 Å². The summed E-state index contributed by atoms with van der Waals surface area (Å²) < 4.78 is 6.42. The summed E-state index contributed by atoms with van der Waals surface area (Å²) in [6.07, 6.45) is 3.16. The predicted molar refractivity (Wildman–Crippen MR) is 106 cm³/mol. The second kappa shape index (κ2) is 9.59. The van der Waals surface area contributed by atoms with Gasteiger partial charge in [-0.15, -0.1) is 0 Å². The van der Waals surface area contributed by atoms with Gasteiger partial charge in [0.05, 0.1) is 6.04 Å². The lowest BCUT2D eigenvalue weighted by Crippen LogP contribution is -2.27. The summed E-state index contributed by atoms with van der Waals surface area (Å²) in [5.41, 5.74) is 1.62. The first-order chi connectivity index (χ1) is 12.5. The van der Waals surface area contributed by atoms with Crippen LogP contribution in [0.15, 0.2) is 71.2 Å². The average Bonchev–Trinajstić information content (AvgIpc) is 2.65. The average molecular weight is 411 g/mol. The van der Waals surface area contributed by atoms with Crippen LogP contribution >= 0.6 is 15.9 Å². The van der Waals surface area contributed by atoms with Gasteiger partial charge in [-0.2, -0.15) is 5.26 Å². The van der Waals surface area contributed by atoms with Gasteiger partial charge in [0.25, 0.3) is 5.91 Å². The molecule has 4 nitrogen and oxygen atoms in total. The molecular weight excluding hydrogens is 392 g/mol. The third-order valence-corrected chi connectivity index (χ3v) is 4.13. The van der Waals surface area contributed by atoms with Crippen LogP contribution in [0.4, 0.5) is 0 Å². The molecule has 2 aromatic carbocycles. The second-order valence-corrected chi connectivity index (χ2v) is 6.47. The fourth-order valence-electron chi connectivity index (χ4n) is 2.32. The minimum atomic E-state index is -0.432. The summed E-state index contributed by atoms with van der Waals surface area (Å²) in [5, 5.41) is 12.3. The highest BCUT2D eigenvalue weighted by atomic mass is 79.9. The number of ether oxygens (including phenoxy) is 1. The number of carbonyl (C=O) groups excluding carboxylic acids is 1. The van der Waals surface area contributed by atoms with Crippen LogP contribution in [0.2, 0.25) is 0 Å². The molecule has 0 fully saturated rings. The second-order valence-electron chi connectivity index (χ2n) is 5.56. The number of carbonyl (C=O) groups is 1. The van der Waals surface area contributed by atoms with Gasteiger partial charge in [0.2, 0.25) is 0 Å². The third kappa shape index (κ3) is 5.33. The SMILES string of the molecule is C=CCOc1ccc(Br)cc1/C=C(\C#N)C(=O)N[C@H](C)c1ccccc1. The van der Waals surface area contributed by atoms with E-state index in [-0.39, 0.29) is 11.6 Å². The van der Waals surface area contributed by atoms with E-state index in [9.17, 15) is 10.1 Å². The molecule has 2 aromatic rings. The van der Waals surface area contributed by atoms with E-state index in [4.69, 9.17) is 4.74 Å². The minimum absolute atomic E-state index is 0.00864. The van der Waals surface area contributed by atoms with Crippen molar-refractivity contribution < 1.29 is 9.53 Å². The standard InChI is InChI=1S/C21H19BrN2O2/c1-3-11-26-20-10-9-19(22)13-17(20)12-18(14-23)21(25)24-15(2)16-7-5-4-6-8-16/h3-10,12-13,15H,1,11H2,2H3,(H,24,25)/b18-12+/t15-/m1/s1. The van der Waals surface area contributed by atoms with Crippen LogP contribution in [-0.4, -0.2) is 12.5 Å². The highest BCUT2D eigenvalue weighted by Gasteiger charge is 2.15. The van der Waals surface area contributed by atoms with E-state index < -0.39 is 5.91 Å². The van der Waals surface area contributed by atoms with Crippen LogP contribution in [0.1, 0.15) is 24.1 Å². The molecule has 0 unspecified atom stereocenters. The fraction of sp³-hybridized carbons (Fsp3) is 0.143. The van der Waals surface area contributed by atoms with Crippen molar-refractivity contribution >= 4 is 27.9 Å². The molecule has 0 aliphatic heterocycles. The molecule has 0 saturated carbocycles. The number of halogens is 1. The highest BCUT2D eigenvalue weighted by Crippen LogP contribution is 2.26. The quantitative estimate of drug-likeness (QED) is 0.405. The predicted octanol–water partition coefficient (Wildman–Crippen LogP) is 4.80. The molecular formula is C21H19BrN2O2. The number of rotatable bonds is 7. The first-order valence-corrected chi connectivity index (χ1v) is 8.85. The van der Waals surface area contributed by atoms with Gasteiger partial charge in [-0.1, -0.05) is 58.9 Å². The Bertz CT molecular complexity index is 854. The van der Waals surface area contributed by atoms with Crippen molar-refractivity contribution in [3.05, 3.63) is 82.4 Å². The number of benzene rings is 2. The van der Waals surface area contributed by atoms with Crippen molar-refractivity contribution in [1.82, 2.24) is 5.32 Å². The van der Waals surface area contributed by atoms with E-state index >= 15 is 0 Å². The monoisotopic (exact) mass is 410 g/mol. The summed E-state index contributed by atoms with van der Waals surface area (Å²) >= 11 is 3.40. The number of hydrogen-bond donors (Lipinski definition) is 1. The normalized spacial score (nSPS) is 12.0. The Kier molecular flexibility index (Phi) is 7.19. The van der Waals surface area contributed by atoms with Crippen molar-refractivity contribution in [2.75, 3.05) is 6.61 Å². The molecule has 5 heteroatoms. The molecule has 0 spiro atoms. The molecule has 0 aliphatic rings. The number of nitrogens with one attached hydrogen (secondary N) is 1. The van der Waals surface area contributed by atoms with Gasteiger partial charge in [-0.3, -0.25) is 4.79 Å². The molecule has 1 atom stereocenters. The van der Waals surface area contributed by atoms with Gasteiger partial charge in [-0.05, 0) is 36.8 Å². The Morgan fingerprint density at radius 2 is 2.08 bits per heavy atom. The van der Waals surface area contributed by atoms with Gasteiger partial charge in [0, 0.05) is 10.0 Å². The first kappa shape index (κ1) is 19.5. The Hall–Kier alpha value is -2.84. The summed E-state index contributed by atoms with van der Waals surface area (Å²) in [6.45, 7) is 5.83. The van der Waals surface area contributed by atoms with Crippen molar-refractivity contribution in [3.63, 3.8) is 0 Å². The maximum atomic E-state index is 12.5. The van der Waals surface area contributed by atoms with E-state index in [1.807, 2.05) is 49.4 Å². The van der Waals surface area contributed by atoms with Gasteiger partial charge in [0.15, 0.2) is 0 Å². The largest absolute Gasteiger partial charge is 0.489 e. The van der Waals surface area contributed by atoms with Crippen molar-refractivity contribution in [2.45, 2.75) is 13.0 Å². The van der Waals surface area contributed by atoms with Crippen LogP contribution in [0, 0.1) is 11.3 Å². The Labute approximate surface area is 161 Å². The summed E-state index contributed by atoms with van der Waals surface area (Å²) in [7, 11) is 0. The topological polar surface area (TPSA) is 62.1 Å². The zero-order valence-electron chi connectivity index (χ0n) is 14.4. The fourth-order valence-corrected chi connectivity index (χ4v) is 2.69. The Morgan fingerprint density at radius 1 is 1.35 bits per heavy atom. The molecule has 0 bridgehead atoms. The van der Waals surface area contributed by atoms with E-state index in [1.54, 1.807) is 18.2 Å². The molecule has 1 N–H and O–H groups in total. The lowest BCUT2D eigenvalue weighted by molar-refractivity contribution is -0.117. The molecule has 0 aromatic heterocycles. The molecule has 0 radical (unpaired) electrons. The minimum Gasteiger partial charge on any atom is -0.489 e. The van der Waals surface area contributed by atoms with E-state index in [1.165, 1.54) is 6.08 Å². The lowest BCUT2D eigenvalue weighted by Gasteiger charge is -2.14. The Balaban J connectivity index is 2.24. The molecule has 0 aliphatic carbocycles. The van der Waals surface area contributed by atoms with Gasteiger partial charge in [0.1, 0.15) is 24.0 Å². The van der Waals surface area contributed by atoms with Gasteiger partial charge in [-0.25, -0.2) is 0 Å². The number of nitriles is 1. The van der Waals surface area contributed by atoms with Crippen LogP contribution in [-0.2, 0) is 4.79 Å². The van der Waals surface area contributed by atoms with Gasteiger partial charge < -0.3 is 10.1 Å². The summed E-state index contributed by atoms with van der Waals surface area (Å²) in [4.78, 5) is 12.5. The van der Waals surface area contributed by atoms with E-state index in [2.05, 4.69) is 27.8 Å². The maximum absolute atomic E-state index is 12.5. The highest BCUT2D eigenvalue weighted by molar-refractivity contribution is 9.10. The Morgan fingerprint density at radius 3 is 2.73 bits per heavy atom. The molecule has 2 rings (SSSR count). The third-order valence-electron chi connectivity index (χ3n) is 3.64. The molecule has 132 valence electrons. The van der Waals surface area contributed by atoms with Gasteiger partial charge >= 0.3 is 0 Å². The van der Waals surface area contributed by atoms with Crippen LogP contribution < -0.4 is 10.1 Å². The zero-order chi connectivity index (χ0) is 18.9.